The molecular weight excluding hydrogens is 208 g/mol. The molecule has 1 atom stereocenters. The Morgan fingerprint density at radius 2 is 1.76 bits per heavy atom. The van der Waals surface area contributed by atoms with E-state index in [1.165, 1.54) is 58.2 Å². The second kappa shape index (κ2) is 5.71. The van der Waals surface area contributed by atoms with Gasteiger partial charge in [-0.2, -0.15) is 0 Å². The monoisotopic (exact) mass is 238 g/mol. The van der Waals surface area contributed by atoms with Gasteiger partial charge in [-0.3, -0.25) is 4.90 Å². The highest BCUT2D eigenvalue weighted by Gasteiger charge is 2.38. The molecule has 0 spiro atoms. The van der Waals surface area contributed by atoms with Gasteiger partial charge in [0.05, 0.1) is 0 Å². The fourth-order valence-corrected chi connectivity index (χ4v) is 3.62. The zero-order chi connectivity index (χ0) is 12.3. The van der Waals surface area contributed by atoms with Gasteiger partial charge in [0.15, 0.2) is 0 Å². The van der Waals surface area contributed by atoms with Crippen molar-refractivity contribution in [1.82, 2.24) is 10.2 Å². The Hall–Kier alpha value is -0.0800. The molecule has 1 unspecified atom stereocenters. The van der Waals surface area contributed by atoms with Crippen LogP contribution in [-0.2, 0) is 0 Å². The zero-order valence-electron chi connectivity index (χ0n) is 12.0. The van der Waals surface area contributed by atoms with E-state index < -0.39 is 0 Å². The third-order valence-corrected chi connectivity index (χ3v) is 5.26. The van der Waals surface area contributed by atoms with Crippen LogP contribution in [0.4, 0.5) is 0 Å². The van der Waals surface area contributed by atoms with Crippen LogP contribution in [-0.4, -0.2) is 36.1 Å². The summed E-state index contributed by atoms with van der Waals surface area (Å²) in [6.45, 7) is 10.9. The molecule has 2 fully saturated rings. The van der Waals surface area contributed by atoms with Crippen LogP contribution in [0, 0.1) is 5.92 Å². The van der Waals surface area contributed by atoms with Crippen LogP contribution < -0.4 is 5.32 Å². The Morgan fingerprint density at radius 1 is 1.12 bits per heavy atom. The third kappa shape index (κ3) is 2.85. The van der Waals surface area contributed by atoms with Gasteiger partial charge >= 0.3 is 0 Å². The van der Waals surface area contributed by atoms with Gasteiger partial charge < -0.3 is 5.32 Å². The third-order valence-electron chi connectivity index (χ3n) is 5.26. The summed E-state index contributed by atoms with van der Waals surface area (Å²) in [5, 5.41) is 3.78. The van der Waals surface area contributed by atoms with E-state index >= 15 is 0 Å². The lowest BCUT2D eigenvalue weighted by atomic mass is 9.87. The summed E-state index contributed by atoms with van der Waals surface area (Å²) in [6.07, 6.45) is 8.16. The Kier molecular flexibility index (Phi) is 4.48. The van der Waals surface area contributed by atoms with Crippen LogP contribution in [0.2, 0.25) is 0 Å². The van der Waals surface area contributed by atoms with Gasteiger partial charge in [-0.05, 0) is 57.5 Å². The van der Waals surface area contributed by atoms with E-state index in [1.807, 2.05) is 0 Å². The maximum absolute atomic E-state index is 3.78. The number of hydrogen-bond acceptors (Lipinski definition) is 2. The summed E-state index contributed by atoms with van der Waals surface area (Å²) in [5.74, 6) is 0.985. The molecule has 0 aromatic rings. The van der Waals surface area contributed by atoms with Crippen molar-refractivity contribution in [2.45, 2.75) is 70.9 Å². The molecule has 17 heavy (non-hydrogen) atoms. The van der Waals surface area contributed by atoms with Gasteiger partial charge in [0, 0.05) is 18.1 Å². The predicted octanol–water partition coefficient (Wildman–Crippen LogP) is 3.03. The standard InChI is InChI=1S/C15H30N2/c1-4-15(5-2,6-3)17-11-7-10-16-14(12-17)13-8-9-13/h13-14,16H,4-12H2,1-3H3. The molecular formula is C15H30N2. The molecule has 100 valence electrons. The van der Waals surface area contributed by atoms with Crippen molar-refractivity contribution >= 4 is 0 Å². The first-order chi connectivity index (χ1) is 8.25. The molecule has 0 aromatic carbocycles. The highest BCUT2D eigenvalue weighted by molar-refractivity contribution is 4.95. The summed E-state index contributed by atoms with van der Waals surface area (Å²) < 4.78 is 0. The Labute approximate surface area is 107 Å². The van der Waals surface area contributed by atoms with E-state index in [1.54, 1.807) is 0 Å². The maximum Gasteiger partial charge on any atom is 0.0223 e. The quantitative estimate of drug-likeness (QED) is 0.792. The molecule has 0 amide bonds. The van der Waals surface area contributed by atoms with Crippen LogP contribution in [0.15, 0.2) is 0 Å². The van der Waals surface area contributed by atoms with E-state index in [0.29, 0.717) is 5.54 Å². The van der Waals surface area contributed by atoms with Gasteiger partial charge in [0.2, 0.25) is 0 Å². The summed E-state index contributed by atoms with van der Waals surface area (Å²) in [7, 11) is 0. The van der Waals surface area contributed by atoms with Crippen LogP contribution in [0.25, 0.3) is 0 Å². The minimum Gasteiger partial charge on any atom is -0.312 e. The molecule has 2 rings (SSSR count). The fraction of sp³-hybridized carbons (Fsp3) is 1.00. The minimum atomic E-state index is 0.471. The van der Waals surface area contributed by atoms with Crippen molar-refractivity contribution in [2.24, 2.45) is 5.92 Å². The number of nitrogens with one attached hydrogen (secondary N) is 1. The van der Waals surface area contributed by atoms with E-state index in [2.05, 4.69) is 31.0 Å². The lowest BCUT2D eigenvalue weighted by molar-refractivity contribution is 0.0695. The van der Waals surface area contributed by atoms with Gasteiger partial charge in [-0.1, -0.05) is 20.8 Å². The number of rotatable bonds is 5. The lowest BCUT2D eigenvalue weighted by Gasteiger charge is -2.43. The highest BCUT2D eigenvalue weighted by atomic mass is 15.2. The van der Waals surface area contributed by atoms with Gasteiger partial charge in [0.25, 0.3) is 0 Å². The molecule has 2 heteroatoms. The maximum atomic E-state index is 3.78. The van der Waals surface area contributed by atoms with E-state index in [0.717, 1.165) is 12.0 Å². The first kappa shape index (κ1) is 13.4. The highest BCUT2D eigenvalue weighted by Crippen LogP contribution is 2.36. The molecule has 1 saturated carbocycles. The van der Waals surface area contributed by atoms with Crippen molar-refractivity contribution in [3.8, 4) is 0 Å². The second-order valence-corrected chi connectivity index (χ2v) is 5.98. The Bertz CT molecular complexity index is 223. The lowest BCUT2D eigenvalue weighted by Crippen LogP contribution is -2.51. The molecule has 1 aliphatic heterocycles. The smallest absolute Gasteiger partial charge is 0.0223 e. The largest absolute Gasteiger partial charge is 0.312 e. The van der Waals surface area contributed by atoms with Crippen LogP contribution in [0.1, 0.15) is 59.3 Å². The average molecular weight is 238 g/mol. The molecule has 1 aliphatic carbocycles. The normalized spacial score (nSPS) is 28.1. The Balaban J connectivity index is 2.05. The van der Waals surface area contributed by atoms with Crippen molar-refractivity contribution < 1.29 is 0 Å². The van der Waals surface area contributed by atoms with Crippen molar-refractivity contribution in [1.29, 1.82) is 0 Å². The van der Waals surface area contributed by atoms with Gasteiger partial charge in [0.1, 0.15) is 0 Å². The Morgan fingerprint density at radius 3 is 2.29 bits per heavy atom. The van der Waals surface area contributed by atoms with Crippen molar-refractivity contribution in [3.05, 3.63) is 0 Å². The van der Waals surface area contributed by atoms with Crippen molar-refractivity contribution in [3.63, 3.8) is 0 Å². The molecule has 0 bridgehead atoms. The molecule has 1 saturated heterocycles. The van der Waals surface area contributed by atoms with E-state index in [9.17, 15) is 0 Å². The van der Waals surface area contributed by atoms with E-state index in [-0.39, 0.29) is 0 Å². The minimum absolute atomic E-state index is 0.471. The zero-order valence-corrected chi connectivity index (χ0v) is 12.0. The fourth-order valence-electron chi connectivity index (χ4n) is 3.62. The first-order valence-electron chi connectivity index (χ1n) is 7.74. The molecule has 0 aromatic heterocycles. The average Bonchev–Trinajstić information content (AvgIpc) is 3.18. The molecule has 0 radical (unpaired) electrons. The second-order valence-electron chi connectivity index (χ2n) is 5.98. The first-order valence-corrected chi connectivity index (χ1v) is 7.74. The molecule has 2 nitrogen and oxygen atoms in total. The van der Waals surface area contributed by atoms with Crippen LogP contribution >= 0.6 is 0 Å². The SMILES string of the molecule is CCC(CC)(CC)N1CCCNC(C2CC2)C1. The summed E-state index contributed by atoms with van der Waals surface area (Å²) >= 11 is 0. The van der Waals surface area contributed by atoms with Crippen LogP contribution in [0.5, 0.6) is 0 Å². The predicted molar refractivity (Wildman–Crippen MR) is 74.3 cm³/mol. The van der Waals surface area contributed by atoms with Gasteiger partial charge in [-0.15, -0.1) is 0 Å². The molecule has 1 heterocycles. The summed E-state index contributed by atoms with van der Waals surface area (Å²) in [5.41, 5.74) is 0.471. The summed E-state index contributed by atoms with van der Waals surface area (Å²) in [6, 6.07) is 0.779. The topological polar surface area (TPSA) is 15.3 Å². The van der Waals surface area contributed by atoms with Crippen LogP contribution in [0.3, 0.4) is 0 Å². The molecule has 2 aliphatic rings. The number of nitrogens with zero attached hydrogens (tertiary/aromatic N) is 1. The van der Waals surface area contributed by atoms with Gasteiger partial charge in [-0.25, -0.2) is 0 Å². The summed E-state index contributed by atoms with van der Waals surface area (Å²) in [4.78, 5) is 2.82. The number of hydrogen-bond donors (Lipinski definition) is 1. The molecule has 1 N–H and O–H groups in total. The van der Waals surface area contributed by atoms with Crippen molar-refractivity contribution in [2.75, 3.05) is 19.6 Å². The van der Waals surface area contributed by atoms with E-state index in [4.69, 9.17) is 0 Å².